The third-order valence-electron chi connectivity index (χ3n) is 2.93. The summed E-state index contributed by atoms with van der Waals surface area (Å²) < 4.78 is 78.4. The summed E-state index contributed by atoms with van der Waals surface area (Å²) in [6, 6.07) is 3.30. The predicted molar refractivity (Wildman–Crippen MR) is 85.9 cm³/mol. The number of aryl methyl sites for hydroxylation is 2. The van der Waals surface area contributed by atoms with Gasteiger partial charge < -0.3 is 4.74 Å². The molecule has 0 spiro atoms. The largest absolute Gasteiger partial charge is 0.493 e. The molecule has 0 heterocycles. The van der Waals surface area contributed by atoms with Crippen molar-refractivity contribution in [3.63, 3.8) is 0 Å². The van der Waals surface area contributed by atoms with Crippen molar-refractivity contribution in [3.05, 3.63) is 23.3 Å². The van der Waals surface area contributed by atoms with Gasteiger partial charge in [0.05, 0.1) is 12.4 Å². The fourth-order valence-corrected chi connectivity index (χ4v) is 3.23. The molecule has 0 fully saturated rings. The number of unbranched alkanes of at least 4 members (excludes halogenated alkanes) is 1. The Hall–Kier alpha value is -0.700. The number of halogens is 6. The number of rotatable bonds is 8. The zero-order valence-corrected chi connectivity index (χ0v) is 14.8. The minimum absolute atomic E-state index is 0.0353. The first-order valence-electron chi connectivity index (χ1n) is 7.12. The quantitative estimate of drug-likeness (QED) is 0.289. The first kappa shape index (κ1) is 21.3. The van der Waals surface area contributed by atoms with Crippen LogP contribution in [0.15, 0.2) is 17.0 Å². The van der Waals surface area contributed by atoms with Crippen molar-refractivity contribution in [2.75, 3.05) is 18.1 Å². The maximum atomic E-state index is 12.3. The first-order valence-corrected chi connectivity index (χ1v) is 9.09. The number of ether oxygens (including phenoxy) is 1. The van der Waals surface area contributed by atoms with E-state index in [-0.39, 0.29) is 24.1 Å². The monoisotopic (exact) mass is 392 g/mol. The smallest absolute Gasteiger partial charge is 0.441 e. The van der Waals surface area contributed by atoms with Crippen LogP contribution in [-0.2, 0) is 0 Å². The summed E-state index contributed by atoms with van der Waals surface area (Å²) in [6.45, 7) is 3.73. The maximum Gasteiger partial charge on any atom is 0.441 e. The number of benzene rings is 1. The third-order valence-corrected chi connectivity index (χ3v) is 4.97. The molecule has 0 N–H and O–H groups in total. The third kappa shape index (κ3) is 8.96. The van der Waals surface area contributed by atoms with E-state index < -0.39 is 17.4 Å². The van der Waals surface area contributed by atoms with E-state index in [9.17, 15) is 26.3 Å². The fourth-order valence-electron chi connectivity index (χ4n) is 1.86. The van der Waals surface area contributed by atoms with Crippen LogP contribution in [0.25, 0.3) is 0 Å². The highest BCUT2D eigenvalue weighted by atomic mass is 32.2. The lowest BCUT2D eigenvalue weighted by Crippen LogP contribution is -2.10. The average molecular weight is 392 g/mol. The molecule has 1 rings (SSSR count). The zero-order valence-electron chi connectivity index (χ0n) is 13.2. The molecule has 0 aliphatic heterocycles. The van der Waals surface area contributed by atoms with Crippen molar-refractivity contribution in [1.29, 1.82) is 0 Å². The molecule has 0 aromatic heterocycles. The lowest BCUT2D eigenvalue weighted by atomic mass is 10.1. The summed E-state index contributed by atoms with van der Waals surface area (Å²) in [5.41, 5.74) is -2.71. The summed E-state index contributed by atoms with van der Waals surface area (Å²) in [6.07, 6.45) is -3.45. The van der Waals surface area contributed by atoms with Crippen LogP contribution in [0.2, 0.25) is 0 Å². The average Bonchev–Trinajstić information content (AvgIpc) is 2.41. The molecule has 138 valence electrons. The Bertz CT molecular complexity index is 528. The van der Waals surface area contributed by atoms with Gasteiger partial charge >= 0.3 is 11.7 Å². The minimum atomic E-state index is -4.25. The van der Waals surface area contributed by atoms with Gasteiger partial charge in [-0.15, -0.1) is 11.8 Å². The molecule has 0 bridgehead atoms. The molecule has 0 saturated heterocycles. The molecule has 0 aliphatic carbocycles. The van der Waals surface area contributed by atoms with Gasteiger partial charge in [0.25, 0.3) is 0 Å². The van der Waals surface area contributed by atoms with Crippen molar-refractivity contribution in [2.45, 2.75) is 43.3 Å². The molecule has 1 nitrogen and oxygen atoms in total. The van der Waals surface area contributed by atoms with E-state index in [4.69, 9.17) is 4.74 Å². The summed E-state index contributed by atoms with van der Waals surface area (Å²) in [5.74, 6) is -0.550. The lowest BCUT2D eigenvalue weighted by Gasteiger charge is -2.14. The van der Waals surface area contributed by atoms with Crippen LogP contribution in [0.5, 0.6) is 5.75 Å². The zero-order chi connectivity index (χ0) is 18.4. The van der Waals surface area contributed by atoms with Gasteiger partial charge in [-0.25, -0.2) is 0 Å². The highest BCUT2D eigenvalue weighted by Crippen LogP contribution is 2.34. The van der Waals surface area contributed by atoms with Gasteiger partial charge in [0.1, 0.15) is 5.75 Å². The summed E-state index contributed by atoms with van der Waals surface area (Å²) in [4.78, 5) is 0.487. The maximum absolute atomic E-state index is 12.3. The van der Waals surface area contributed by atoms with Crippen LogP contribution < -0.4 is 4.74 Å². The highest BCUT2D eigenvalue weighted by Gasteiger charge is 2.28. The normalized spacial score (nSPS) is 12.5. The van der Waals surface area contributed by atoms with Gasteiger partial charge in [0.2, 0.25) is 0 Å². The van der Waals surface area contributed by atoms with Crippen molar-refractivity contribution in [2.24, 2.45) is 0 Å². The van der Waals surface area contributed by atoms with E-state index in [2.05, 4.69) is 0 Å². The Labute approximate surface area is 145 Å². The standard InChI is InChI=1S/C15H18F6OS2/c1-10-7-11(2)13(23-9-14(16,17)18)8-12(10)22-5-3-4-6-24-15(19,20)21/h7-8H,3-6,9H2,1-2H3. The van der Waals surface area contributed by atoms with E-state index in [1.807, 2.05) is 0 Å². The number of thioether (sulfide) groups is 2. The molecule has 9 heteroatoms. The van der Waals surface area contributed by atoms with Gasteiger partial charge in [-0.1, -0.05) is 17.8 Å². The predicted octanol–water partition coefficient (Wildman–Crippen LogP) is 6.37. The van der Waals surface area contributed by atoms with Gasteiger partial charge in [-0.3, -0.25) is 0 Å². The second-order valence-corrected chi connectivity index (χ2v) is 7.31. The van der Waals surface area contributed by atoms with Crippen LogP contribution in [-0.4, -0.2) is 29.8 Å². The topological polar surface area (TPSA) is 9.23 Å². The van der Waals surface area contributed by atoms with Crippen molar-refractivity contribution in [1.82, 2.24) is 0 Å². The van der Waals surface area contributed by atoms with E-state index in [1.165, 1.54) is 0 Å². The van der Waals surface area contributed by atoms with E-state index in [0.717, 1.165) is 11.1 Å². The second kappa shape index (κ2) is 9.12. The summed E-state index contributed by atoms with van der Waals surface area (Å²) in [7, 11) is 0. The van der Waals surface area contributed by atoms with Crippen LogP contribution in [0.3, 0.4) is 0 Å². The van der Waals surface area contributed by atoms with Crippen LogP contribution >= 0.6 is 23.5 Å². The molecule has 1 aromatic rings. The minimum Gasteiger partial charge on any atom is -0.493 e. The molecule has 0 saturated carbocycles. The molecule has 0 amide bonds. The van der Waals surface area contributed by atoms with E-state index >= 15 is 0 Å². The Morgan fingerprint density at radius 3 is 2.21 bits per heavy atom. The molecule has 0 unspecified atom stereocenters. The van der Waals surface area contributed by atoms with Gasteiger partial charge in [0.15, 0.2) is 0 Å². The van der Waals surface area contributed by atoms with Crippen LogP contribution in [0.1, 0.15) is 24.0 Å². The van der Waals surface area contributed by atoms with Crippen molar-refractivity contribution in [3.8, 4) is 5.75 Å². The molecule has 0 radical (unpaired) electrons. The van der Waals surface area contributed by atoms with E-state index in [1.54, 1.807) is 26.0 Å². The van der Waals surface area contributed by atoms with Crippen LogP contribution in [0.4, 0.5) is 26.3 Å². The lowest BCUT2D eigenvalue weighted by molar-refractivity contribution is -0.105. The number of hydrogen-bond acceptors (Lipinski definition) is 3. The molecule has 24 heavy (non-hydrogen) atoms. The van der Waals surface area contributed by atoms with Crippen molar-refractivity contribution >= 4 is 23.5 Å². The highest BCUT2D eigenvalue weighted by molar-refractivity contribution is 8.00. The molecule has 0 aliphatic rings. The fraction of sp³-hybridized carbons (Fsp3) is 0.600. The SMILES string of the molecule is Cc1cc(C)c(SCC(F)(F)F)cc1OCCCCSC(F)(F)F. The Kier molecular flexibility index (Phi) is 8.11. The number of hydrogen-bond donors (Lipinski definition) is 0. The Morgan fingerprint density at radius 2 is 1.62 bits per heavy atom. The van der Waals surface area contributed by atoms with Gasteiger partial charge in [-0.2, -0.15) is 26.3 Å². The second-order valence-electron chi connectivity index (χ2n) is 5.14. The van der Waals surface area contributed by atoms with Crippen LogP contribution in [0, 0.1) is 13.8 Å². The molecular weight excluding hydrogens is 374 g/mol. The summed E-state index contributed by atoms with van der Waals surface area (Å²) in [5, 5.41) is 0. The molecular formula is C15H18F6OS2. The van der Waals surface area contributed by atoms with E-state index in [0.29, 0.717) is 35.2 Å². The molecule has 1 aromatic carbocycles. The first-order chi connectivity index (χ1) is 11.0. The molecule has 0 atom stereocenters. The van der Waals surface area contributed by atoms with Gasteiger partial charge in [-0.05, 0) is 43.9 Å². The number of alkyl halides is 6. The Balaban J connectivity index is 2.50. The summed E-state index contributed by atoms with van der Waals surface area (Å²) >= 11 is 0.624. The van der Waals surface area contributed by atoms with Gasteiger partial charge in [0, 0.05) is 10.6 Å². The van der Waals surface area contributed by atoms with Crippen molar-refractivity contribution < 1.29 is 31.1 Å². The Morgan fingerprint density at radius 1 is 0.958 bits per heavy atom.